The van der Waals surface area contributed by atoms with E-state index >= 15 is 0 Å². The SMILES string of the molecule is COc1ccccc1NS(=O)(=O)c1cccc(C(=O)N/N=C/c2c(C)c(C(=O)c3ccc(F)cc3)n3ccccc23)c1. The van der Waals surface area contributed by atoms with Gasteiger partial charge < -0.3 is 9.14 Å². The van der Waals surface area contributed by atoms with Crippen molar-refractivity contribution in [2.24, 2.45) is 5.10 Å². The molecular formula is C31H25FN4O5S. The lowest BCUT2D eigenvalue weighted by atomic mass is 10.0. The van der Waals surface area contributed by atoms with Gasteiger partial charge in [-0.25, -0.2) is 18.2 Å². The average molecular weight is 585 g/mol. The van der Waals surface area contributed by atoms with E-state index in [0.717, 1.165) is 0 Å². The number of hydrogen-bond acceptors (Lipinski definition) is 6. The van der Waals surface area contributed by atoms with Crippen molar-refractivity contribution >= 4 is 39.1 Å². The number of hydrazone groups is 1. The summed E-state index contributed by atoms with van der Waals surface area (Å²) in [4.78, 5) is 26.1. The van der Waals surface area contributed by atoms with Gasteiger partial charge in [-0.2, -0.15) is 5.10 Å². The Morgan fingerprint density at radius 3 is 2.43 bits per heavy atom. The highest BCUT2D eigenvalue weighted by Gasteiger charge is 2.21. The molecule has 212 valence electrons. The van der Waals surface area contributed by atoms with Gasteiger partial charge in [-0.3, -0.25) is 14.3 Å². The van der Waals surface area contributed by atoms with Crippen LogP contribution in [0.1, 0.15) is 37.5 Å². The summed E-state index contributed by atoms with van der Waals surface area (Å²) in [6.45, 7) is 1.76. The predicted octanol–water partition coefficient (Wildman–Crippen LogP) is 5.19. The molecule has 0 unspecified atom stereocenters. The van der Waals surface area contributed by atoms with Gasteiger partial charge in [0, 0.05) is 22.9 Å². The Hall–Kier alpha value is -5.29. The van der Waals surface area contributed by atoms with E-state index in [-0.39, 0.29) is 21.9 Å². The summed E-state index contributed by atoms with van der Waals surface area (Å²) >= 11 is 0. The van der Waals surface area contributed by atoms with Crippen molar-refractivity contribution in [1.29, 1.82) is 0 Å². The maximum absolute atomic E-state index is 13.4. The zero-order valence-electron chi connectivity index (χ0n) is 22.5. The fraction of sp³-hybridized carbons (Fsp3) is 0.0645. The summed E-state index contributed by atoms with van der Waals surface area (Å²) in [6, 6.07) is 22.8. The lowest BCUT2D eigenvalue weighted by molar-refractivity contribution is 0.0954. The molecule has 0 fully saturated rings. The van der Waals surface area contributed by atoms with Crippen LogP contribution in [-0.4, -0.2) is 37.8 Å². The molecule has 0 aliphatic carbocycles. The molecule has 3 aromatic carbocycles. The highest BCUT2D eigenvalue weighted by atomic mass is 32.2. The molecule has 0 atom stereocenters. The third-order valence-electron chi connectivity index (χ3n) is 6.57. The predicted molar refractivity (Wildman–Crippen MR) is 157 cm³/mol. The van der Waals surface area contributed by atoms with Crippen LogP contribution in [0.2, 0.25) is 0 Å². The molecule has 0 radical (unpaired) electrons. The van der Waals surface area contributed by atoms with Crippen molar-refractivity contribution in [2.75, 3.05) is 11.8 Å². The number of aromatic nitrogens is 1. The first kappa shape index (κ1) is 28.2. The Balaban J connectivity index is 1.38. The molecule has 9 nitrogen and oxygen atoms in total. The number of ether oxygens (including phenoxy) is 1. The highest BCUT2D eigenvalue weighted by Crippen LogP contribution is 2.27. The number of rotatable bonds is 9. The van der Waals surface area contributed by atoms with Crippen LogP contribution in [0.3, 0.4) is 0 Å². The van der Waals surface area contributed by atoms with Crippen molar-refractivity contribution in [1.82, 2.24) is 9.83 Å². The molecule has 0 saturated heterocycles. The topological polar surface area (TPSA) is 118 Å². The quantitative estimate of drug-likeness (QED) is 0.140. The van der Waals surface area contributed by atoms with Gasteiger partial charge in [-0.05, 0) is 79.2 Å². The molecule has 11 heteroatoms. The number of ketones is 1. The van der Waals surface area contributed by atoms with E-state index < -0.39 is 21.7 Å². The molecule has 0 aliphatic rings. The number of amides is 1. The molecule has 5 aromatic rings. The van der Waals surface area contributed by atoms with Crippen molar-refractivity contribution in [3.63, 3.8) is 0 Å². The van der Waals surface area contributed by atoms with Crippen LogP contribution in [0.5, 0.6) is 5.75 Å². The Bertz CT molecular complexity index is 1950. The Morgan fingerprint density at radius 1 is 0.929 bits per heavy atom. The fourth-order valence-electron chi connectivity index (χ4n) is 4.50. The number of anilines is 1. The van der Waals surface area contributed by atoms with E-state index in [1.54, 1.807) is 53.9 Å². The number of pyridine rings is 1. The molecule has 1 amide bonds. The minimum Gasteiger partial charge on any atom is -0.495 e. The summed E-state index contributed by atoms with van der Waals surface area (Å²) in [5.41, 5.74) is 5.34. The van der Waals surface area contributed by atoms with E-state index in [9.17, 15) is 22.4 Å². The van der Waals surface area contributed by atoms with Crippen LogP contribution in [0, 0.1) is 12.7 Å². The third-order valence-corrected chi connectivity index (χ3v) is 7.94. The average Bonchev–Trinajstić information content (AvgIpc) is 3.28. The molecule has 5 rings (SSSR count). The van der Waals surface area contributed by atoms with Gasteiger partial charge in [0.15, 0.2) is 0 Å². The van der Waals surface area contributed by atoms with E-state index in [1.807, 2.05) is 6.07 Å². The summed E-state index contributed by atoms with van der Waals surface area (Å²) in [6.07, 6.45) is 3.16. The molecule has 0 saturated carbocycles. The standard InChI is InChI=1S/C31H25FN4O5S/c1-20-25(27-11-5-6-17-36(27)29(20)30(37)21-13-15-23(32)16-14-21)19-33-34-31(38)22-8-7-9-24(18-22)42(39,40)35-26-10-3-4-12-28(26)41-2/h3-19,35H,1-2H3,(H,34,38)/b33-19+. The number of methoxy groups -OCH3 is 1. The molecule has 42 heavy (non-hydrogen) atoms. The number of nitrogens with one attached hydrogen (secondary N) is 2. The summed E-state index contributed by atoms with van der Waals surface area (Å²) in [7, 11) is -2.60. The zero-order valence-corrected chi connectivity index (χ0v) is 23.4. The number of halogens is 1. The number of sulfonamides is 1. The summed E-state index contributed by atoms with van der Waals surface area (Å²) < 4.78 is 48.8. The van der Waals surface area contributed by atoms with Crippen LogP contribution >= 0.6 is 0 Å². The van der Waals surface area contributed by atoms with Gasteiger partial charge in [0.05, 0.1) is 35.1 Å². The van der Waals surface area contributed by atoms with Gasteiger partial charge in [-0.15, -0.1) is 0 Å². The smallest absolute Gasteiger partial charge is 0.271 e. The lowest BCUT2D eigenvalue weighted by Crippen LogP contribution is -2.19. The first-order valence-corrected chi connectivity index (χ1v) is 14.2. The molecular weight excluding hydrogens is 559 g/mol. The van der Waals surface area contributed by atoms with E-state index in [4.69, 9.17) is 4.74 Å². The van der Waals surface area contributed by atoms with Crippen molar-refractivity contribution < 1.29 is 27.1 Å². The number of carbonyl (C=O) groups excluding carboxylic acids is 2. The molecule has 2 heterocycles. The van der Waals surface area contributed by atoms with E-state index in [1.165, 1.54) is 61.9 Å². The molecule has 0 spiro atoms. The van der Waals surface area contributed by atoms with E-state index in [0.29, 0.717) is 33.7 Å². The monoisotopic (exact) mass is 584 g/mol. The second-order valence-corrected chi connectivity index (χ2v) is 10.9. The normalized spacial score (nSPS) is 11.5. The van der Waals surface area contributed by atoms with Gasteiger partial charge in [0.2, 0.25) is 5.78 Å². The number of para-hydroxylation sites is 2. The molecule has 0 bridgehead atoms. The Kier molecular flexibility index (Phi) is 7.85. The third kappa shape index (κ3) is 5.63. The van der Waals surface area contributed by atoms with Crippen molar-refractivity contribution in [3.05, 3.63) is 131 Å². The number of benzene rings is 3. The number of nitrogens with zero attached hydrogens (tertiary/aromatic N) is 2. The van der Waals surface area contributed by atoms with Crippen LogP contribution in [0.4, 0.5) is 10.1 Å². The highest BCUT2D eigenvalue weighted by molar-refractivity contribution is 7.92. The van der Waals surface area contributed by atoms with Gasteiger partial charge in [0.25, 0.3) is 15.9 Å². The zero-order chi connectivity index (χ0) is 29.9. The first-order chi connectivity index (χ1) is 20.2. The summed E-state index contributed by atoms with van der Waals surface area (Å²) in [5.74, 6) is -1.02. The minimum absolute atomic E-state index is 0.0701. The fourth-order valence-corrected chi connectivity index (χ4v) is 5.61. The maximum Gasteiger partial charge on any atom is 0.271 e. The molecule has 2 aromatic heterocycles. The largest absolute Gasteiger partial charge is 0.495 e. The number of carbonyl (C=O) groups is 2. The first-order valence-electron chi connectivity index (χ1n) is 12.7. The summed E-state index contributed by atoms with van der Waals surface area (Å²) in [5, 5.41) is 4.09. The van der Waals surface area contributed by atoms with Gasteiger partial charge in [-0.1, -0.05) is 24.3 Å². The van der Waals surface area contributed by atoms with Gasteiger partial charge in [0.1, 0.15) is 11.6 Å². The Labute approximate surface area is 241 Å². The number of hydrogen-bond donors (Lipinski definition) is 2. The Morgan fingerprint density at radius 2 is 1.67 bits per heavy atom. The minimum atomic E-state index is -4.03. The second-order valence-electron chi connectivity index (χ2n) is 9.21. The lowest BCUT2D eigenvalue weighted by Gasteiger charge is -2.12. The maximum atomic E-state index is 13.4. The van der Waals surface area contributed by atoms with Crippen LogP contribution in [0.25, 0.3) is 5.52 Å². The van der Waals surface area contributed by atoms with Crippen molar-refractivity contribution in [2.45, 2.75) is 11.8 Å². The van der Waals surface area contributed by atoms with Crippen LogP contribution < -0.4 is 14.9 Å². The van der Waals surface area contributed by atoms with Crippen LogP contribution in [0.15, 0.2) is 107 Å². The number of fused-ring (bicyclic) bond motifs is 1. The van der Waals surface area contributed by atoms with Crippen molar-refractivity contribution in [3.8, 4) is 5.75 Å². The second kappa shape index (κ2) is 11.7. The molecule has 0 aliphatic heterocycles. The van der Waals surface area contributed by atoms with Crippen LogP contribution in [-0.2, 0) is 10.0 Å². The van der Waals surface area contributed by atoms with E-state index in [2.05, 4.69) is 15.2 Å². The van der Waals surface area contributed by atoms with Gasteiger partial charge >= 0.3 is 0 Å². The molecule has 2 N–H and O–H groups in total.